The summed E-state index contributed by atoms with van der Waals surface area (Å²) in [5, 5.41) is 7.55. The quantitative estimate of drug-likeness (QED) is 0.426. The predicted molar refractivity (Wildman–Crippen MR) is 59.3 cm³/mol. The van der Waals surface area contributed by atoms with Crippen molar-refractivity contribution in [1.29, 1.82) is 0 Å². The number of nitrogens with zero attached hydrogens (tertiary/aromatic N) is 1. The average molecular weight is 289 g/mol. The maximum atomic E-state index is 11.0. The van der Waals surface area contributed by atoms with Gasteiger partial charge >= 0.3 is 15.2 Å². The Morgan fingerprint density at radius 1 is 1.00 bits per heavy atom. The highest BCUT2D eigenvalue weighted by Crippen LogP contribution is 2.61. The molecule has 0 aromatic carbocycles. The van der Waals surface area contributed by atoms with Crippen molar-refractivity contribution in [3.8, 4) is 0 Å². The Balaban J connectivity index is 2.73. The zero-order valence-corrected chi connectivity index (χ0v) is 10.9. The summed E-state index contributed by atoms with van der Waals surface area (Å²) in [6, 6.07) is 0. The fourth-order valence-electron chi connectivity index (χ4n) is 1.85. The highest BCUT2D eigenvalue weighted by atomic mass is 31.2. The van der Waals surface area contributed by atoms with Gasteiger partial charge in [-0.25, -0.2) is 0 Å². The molecule has 0 spiro atoms. The molecular weight excluding hydrogens is 272 g/mol. The van der Waals surface area contributed by atoms with E-state index in [-0.39, 0.29) is 0 Å². The van der Waals surface area contributed by atoms with Crippen LogP contribution in [0.1, 0.15) is 19.3 Å². The number of aliphatic hydroxyl groups excluding tert-OH is 1. The second-order valence-corrected chi connectivity index (χ2v) is 8.13. The Bertz CT molecular complexity index is 322. The fourth-order valence-corrected chi connectivity index (χ4v) is 4.34. The largest absolute Gasteiger partial charge is 0.378 e. The van der Waals surface area contributed by atoms with Gasteiger partial charge in [0.1, 0.15) is 6.23 Å². The number of likely N-dealkylation sites (tertiary alicyclic amines) is 1. The van der Waals surface area contributed by atoms with Crippen molar-refractivity contribution in [2.75, 3.05) is 13.1 Å². The van der Waals surface area contributed by atoms with Crippen molar-refractivity contribution in [3.63, 3.8) is 0 Å². The standard InChI is InChI=1S/C7H17NO7P2/c9-6(8-3-1-2-4-8)5-7(16(10,11)12)17(13,14)15/h6-7,9H,1-5H2,(H2,10,11,12)(H2,13,14,15). The van der Waals surface area contributed by atoms with Crippen molar-refractivity contribution in [3.05, 3.63) is 0 Å². The summed E-state index contributed by atoms with van der Waals surface area (Å²) in [7, 11) is -9.88. The zero-order chi connectivity index (χ0) is 13.3. The molecule has 1 fully saturated rings. The van der Waals surface area contributed by atoms with Crippen molar-refractivity contribution < 1.29 is 33.8 Å². The lowest BCUT2D eigenvalue weighted by molar-refractivity contribution is 0.0146. The molecule has 10 heteroatoms. The molecule has 1 saturated heterocycles. The summed E-state index contributed by atoms with van der Waals surface area (Å²) in [4.78, 5) is 37.1. The van der Waals surface area contributed by atoms with Gasteiger partial charge in [-0.3, -0.25) is 14.0 Å². The molecule has 17 heavy (non-hydrogen) atoms. The third-order valence-corrected chi connectivity index (χ3v) is 6.54. The first-order valence-corrected chi connectivity index (χ1v) is 8.51. The highest BCUT2D eigenvalue weighted by Gasteiger charge is 2.45. The summed E-state index contributed by atoms with van der Waals surface area (Å²) in [5.74, 6) is 0. The van der Waals surface area contributed by atoms with Crippen LogP contribution in [0.2, 0.25) is 0 Å². The highest BCUT2D eigenvalue weighted by molar-refractivity contribution is 7.70. The van der Waals surface area contributed by atoms with Gasteiger partial charge < -0.3 is 24.7 Å². The van der Waals surface area contributed by atoms with Gasteiger partial charge in [0.25, 0.3) is 0 Å². The van der Waals surface area contributed by atoms with Crippen LogP contribution in [0.4, 0.5) is 0 Å². The van der Waals surface area contributed by atoms with Gasteiger partial charge in [-0.15, -0.1) is 0 Å². The van der Waals surface area contributed by atoms with E-state index in [1.807, 2.05) is 0 Å². The van der Waals surface area contributed by atoms with Gasteiger partial charge in [0.2, 0.25) is 0 Å². The third-order valence-electron chi connectivity index (χ3n) is 2.76. The molecule has 1 aliphatic heterocycles. The van der Waals surface area contributed by atoms with Crippen LogP contribution in [0, 0.1) is 0 Å². The van der Waals surface area contributed by atoms with Gasteiger partial charge in [-0.1, -0.05) is 0 Å². The van der Waals surface area contributed by atoms with Crippen molar-refractivity contribution in [2.45, 2.75) is 30.9 Å². The second kappa shape index (κ2) is 5.47. The molecule has 5 N–H and O–H groups in total. The van der Waals surface area contributed by atoms with Gasteiger partial charge in [0.05, 0.1) is 0 Å². The van der Waals surface area contributed by atoms with Crippen LogP contribution in [-0.2, 0) is 9.13 Å². The Morgan fingerprint density at radius 3 is 1.76 bits per heavy atom. The molecule has 1 aliphatic rings. The summed E-state index contributed by atoms with van der Waals surface area (Å²) in [6.45, 7) is 1.13. The van der Waals surface area contributed by atoms with Crippen LogP contribution < -0.4 is 0 Å². The summed E-state index contributed by atoms with van der Waals surface area (Å²) in [6.07, 6.45) is -0.155. The van der Waals surface area contributed by atoms with E-state index in [4.69, 9.17) is 19.6 Å². The Labute approximate surface area is 98.6 Å². The van der Waals surface area contributed by atoms with Gasteiger partial charge in [0.15, 0.2) is 5.40 Å². The smallest absolute Gasteiger partial charge is 0.340 e. The second-order valence-electron chi connectivity index (χ2n) is 4.12. The van der Waals surface area contributed by atoms with E-state index in [0.29, 0.717) is 13.1 Å². The SMILES string of the molecule is O=P(O)(O)C(CC(O)N1CCCC1)P(=O)(O)O. The molecule has 0 amide bonds. The van der Waals surface area contributed by atoms with Crippen LogP contribution in [-0.4, -0.2) is 54.3 Å². The topological polar surface area (TPSA) is 139 Å². The van der Waals surface area contributed by atoms with Crippen LogP contribution in [0.3, 0.4) is 0 Å². The molecule has 1 atom stereocenters. The van der Waals surface area contributed by atoms with E-state index in [2.05, 4.69) is 0 Å². The normalized spacial score (nSPS) is 21.1. The molecule has 0 saturated carbocycles. The molecule has 0 bridgehead atoms. The first-order valence-electron chi connectivity index (χ1n) is 5.15. The fraction of sp³-hybridized carbons (Fsp3) is 1.00. The predicted octanol–water partition coefficient (Wildman–Crippen LogP) is -0.528. The van der Waals surface area contributed by atoms with Crippen LogP contribution in [0.25, 0.3) is 0 Å². The first kappa shape index (κ1) is 15.3. The monoisotopic (exact) mass is 289 g/mol. The van der Waals surface area contributed by atoms with Crippen LogP contribution in [0.15, 0.2) is 0 Å². The third kappa shape index (κ3) is 4.43. The number of aliphatic hydroxyl groups is 1. The lowest BCUT2D eigenvalue weighted by atomic mass is 10.4. The summed E-state index contributed by atoms with van der Waals surface area (Å²) < 4.78 is 22.0. The van der Waals surface area contributed by atoms with Crippen molar-refractivity contribution >= 4 is 15.2 Å². The van der Waals surface area contributed by atoms with Gasteiger partial charge in [0, 0.05) is 19.5 Å². The van der Waals surface area contributed by atoms with Crippen molar-refractivity contribution in [2.24, 2.45) is 0 Å². The molecule has 102 valence electrons. The van der Waals surface area contributed by atoms with E-state index >= 15 is 0 Å². The van der Waals surface area contributed by atoms with Crippen molar-refractivity contribution in [1.82, 2.24) is 4.90 Å². The summed E-state index contributed by atoms with van der Waals surface area (Å²) in [5.41, 5.74) is 0. The van der Waals surface area contributed by atoms with E-state index < -0.39 is 33.2 Å². The van der Waals surface area contributed by atoms with E-state index in [9.17, 15) is 14.2 Å². The molecule has 0 aromatic heterocycles. The minimum atomic E-state index is -4.94. The van der Waals surface area contributed by atoms with Gasteiger partial charge in [-0.2, -0.15) is 0 Å². The minimum Gasteiger partial charge on any atom is -0.378 e. The maximum absolute atomic E-state index is 11.0. The minimum absolute atomic E-state index is 0.566. The Hall–Kier alpha value is 0.220. The molecule has 8 nitrogen and oxygen atoms in total. The molecule has 0 aromatic rings. The maximum Gasteiger partial charge on any atom is 0.340 e. The number of hydrogen-bond acceptors (Lipinski definition) is 4. The molecule has 1 unspecified atom stereocenters. The Morgan fingerprint density at radius 2 is 1.41 bits per heavy atom. The van der Waals surface area contributed by atoms with E-state index in [0.717, 1.165) is 12.8 Å². The lowest BCUT2D eigenvalue weighted by Gasteiger charge is -2.27. The van der Waals surface area contributed by atoms with E-state index in [1.165, 1.54) is 0 Å². The lowest BCUT2D eigenvalue weighted by Crippen LogP contribution is -2.35. The van der Waals surface area contributed by atoms with Gasteiger partial charge in [-0.05, 0) is 12.8 Å². The molecule has 0 aliphatic carbocycles. The zero-order valence-electron chi connectivity index (χ0n) is 9.08. The molecule has 1 heterocycles. The molecule has 0 radical (unpaired) electrons. The number of rotatable bonds is 5. The van der Waals surface area contributed by atoms with E-state index in [1.54, 1.807) is 4.90 Å². The average Bonchev–Trinajstić information content (AvgIpc) is 2.62. The van der Waals surface area contributed by atoms with Crippen LogP contribution >= 0.6 is 15.2 Å². The first-order chi connectivity index (χ1) is 7.62. The number of hydrogen-bond donors (Lipinski definition) is 5. The molecule has 1 rings (SSSR count). The Kier molecular flexibility index (Phi) is 4.91. The summed E-state index contributed by atoms with van der Waals surface area (Å²) >= 11 is 0. The van der Waals surface area contributed by atoms with Crippen LogP contribution in [0.5, 0.6) is 0 Å². The molecular formula is C7H17NO7P2.